The lowest BCUT2D eigenvalue weighted by Crippen LogP contribution is -2.29. The molecule has 0 aliphatic heterocycles. The van der Waals surface area contributed by atoms with Gasteiger partial charge in [-0.05, 0) is 6.92 Å². The summed E-state index contributed by atoms with van der Waals surface area (Å²) < 4.78 is 0. The molecule has 0 bridgehead atoms. The van der Waals surface area contributed by atoms with Crippen LogP contribution in [0.1, 0.15) is 24.9 Å². The number of hydrogen-bond donors (Lipinski definition) is 3. The molecule has 1 amide bonds. The summed E-state index contributed by atoms with van der Waals surface area (Å²) >= 11 is 4.62. The van der Waals surface area contributed by atoms with E-state index < -0.39 is 0 Å². The van der Waals surface area contributed by atoms with E-state index in [0.717, 1.165) is 5.56 Å². The zero-order valence-corrected chi connectivity index (χ0v) is 8.60. The van der Waals surface area contributed by atoms with Gasteiger partial charge in [0.25, 0.3) is 0 Å². The molecule has 5 nitrogen and oxygen atoms in total. The van der Waals surface area contributed by atoms with Gasteiger partial charge in [0, 0.05) is 11.8 Å². The molecule has 0 aromatic carbocycles. The first kappa shape index (κ1) is 10.6. The van der Waals surface area contributed by atoms with Gasteiger partial charge < -0.3 is 11.1 Å². The summed E-state index contributed by atoms with van der Waals surface area (Å²) in [4.78, 5) is 11.4. The Balaban J connectivity index is 2.45. The molecule has 4 N–H and O–H groups in total. The second kappa shape index (κ2) is 4.71. The van der Waals surface area contributed by atoms with Crippen LogP contribution in [0.2, 0.25) is 0 Å². The van der Waals surface area contributed by atoms with E-state index in [4.69, 9.17) is 5.73 Å². The van der Waals surface area contributed by atoms with Crippen LogP contribution in [-0.4, -0.2) is 21.1 Å². The van der Waals surface area contributed by atoms with Crippen LogP contribution >= 0.6 is 12.2 Å². The first-order valence-corrected chi connectivity index (χ1v) is 4.56. The van der Waals surface area contributed by atoms with Crippen molar-refractivity contribution >= 4 is 23.1 Å². The van der Waals surface area contributed by atoms with E-state index in [1.807, 2.05) is 6.92 Å². The van der Waals surface area contributed by atoms with Crippen LogP contribution < -0.4 is 11.1 Å². The molecule has 6 heteroatoms. The minimum Gasteiger partial charge on any atom is -0.393 e. The lowest BCUT2D eigenvalue weighted by Gasteiger charge is -2.11. The van der Waals surface area contributed by atoms with E-state index in [0.29, 0.717) is 0 Å². The van der Waals surface area contributed by atoms with Crippen molar-refractivity contribution in [2.45, 2.75) is 19.4 Å². The monoisotopic (exact) mass is 212 g/mol. The Kier molecular flexibility index (Phi) is 3.58. The third kappa shape index (κ3) is 3.14. The first-order chi connectivity index (χ1) is 6.59. The fourth-order valence-corrected chi connectivity index (χ4v) is 1.16. The largest absolute Gasteiger partial charge is 0.393 e. The van der Waals surface area contributed by atoms with Crippen molar-refractivity contribution in [2.24, 2.45) is 5.73 Å². The highest BCUT2D eigenvalue weighted by molar-refractivity contribution is 7.80. The normalized spacial score (nSPS) is 12.1. The standard InChI is InChI=1S/C8H12N4OS/c1-5(6-3-10-11-4-6)12-8(13)2-7(9)14/h3-5H,2H2,1H3,(H2,9,14)(H,10,11)(H,12,13). The third-order valence-corrected chi connectivity index (χ3v) is 1.88. The van der Waals surface area contributed by atoms with Crippen LogP contribution in [0.3, 0.4) is 0 Å². The van der Waals surface area contributed by atoms with Crippen LogP contribution in [0.25, 0.3) is 0 Å². The summed E-state index contributed by atoms with van der Waals surface area (Å²) in [7, 11) is 0. The summed E-state index contributed by atoms with van der Waals surface area (Å²) in [6.07, 6.45) is 3.47. The van der Waals surface area contributed by atoms with Crippen molar-refractivity contribution in [1.29, 1.82) is 0 Å². The Morgan fingerprint density at radius 1 is 1.86 bits per heavy atom. The lowest BCUT2D eigenvalue weighted by atomic mass is 10.2. The fraction of sp³-hybridized carbons (Fsp3) is 0.375. The van der Waals surface area contributed by atoms with Crippen LogP contribution in [0.5, 0.6) is 0 Å². The number of carbonyl (C=O) groups is 1. The minimum absolute atomic E-state index is 0.0809. The maximum atomic E-state index is 11.2. The number of thiocarbonyl (C=S) groups is 1. The highest BCUT2D eigenvalue weighted by Crippen LogP contribution is 2.08. The number of H-pyrrole nitrogens is 1. The molecule has 76 valence electrons. The predicted molar refractivity (Wildman–Crippen MR) is 56.5 cm³/mol. The average Bonchev–Trinajstić information content (AvgIpc) is 2.53. The Morgan fingerprint density at radius 2 is 2.57 bits per heavy atom. The van der Waals surface area contributed by atoms with Gasteiger partial charge in [-0.2, -0.15) is 5.10 Å². The summed E-state index contributed by atoms with van der Waals surface area (Å²) in [5, 5.41) is 9.20. The maximum Gasteiger partial charge on any atom is 0.227 e. The number of hydrogen-bond acceptors (Lipinski definition) is 3. The van der Waals surface area contributed by atoms with Crippen molar-refractivity contribution in [3.05, 3.63) is 18.0 Å². The predicted octanol–water partition coefficient (Wildman–Crippen LogP) is 0.263. The first-order valence-electron chi connectivity index (χ1n) is 4.16. The summed E-state index contributed by atoms with van der Waals surface area (Å²) in [6, 6.07) is -0.0874. The van der Waals surface area contributed by atoms with Crippen molar-refractivity contribution < 1.29 is 4.79 Å². The number of amides is 1. The quantitative estimate of drug-likeness (QED) is 0.625. The third-order valence-electron chi connectivity index (χ3n) is 1.73. The average molecular weight is 212 g/mol. The van der Waals surface area contributed by atoms with E-state index in [9.17, 15) is 4.79 Å². The number of nitrogens with two attached hydrogens (primary N) is 1. The molecule has 0 spiro atoms. The molecule has 0 saturated carbocycles. The van der Waals surface area contributed by atoms with Gasteiger partial charge in [-0.25, -0.2) is 0 Å². The molecule has 1 rings (SSSR count). The van der Waals surface area contributed by atoms with Crippen LogP contribution in [-0.2, 0) is 4.79 Å². The molecule has 0 aliphatic rings. The molecule has 1 atom stereocenters. The number of carbonyl (C=O) groups excluding carboxylic acids is 1. The van der Waals surface area contributed by atoms with E-state index >= 15 is 0 Å². The molecule has 14 heavy (non-hydrogen) atoms. The van der Waals surface area contributed by atoms with Gasteiger partial charge in [0.05, 0.1) is 23.6 Å². The zero-order chi connectivity index (χ0) is 10.6. The van der Waals surface area contributed by atoms with Crippen molar-refractivity contribution in [3.63, 3.8) is 0 Å². The SMILES string of the molecule is CC(NC(=O)CC(N)=S)c1cn[nH]c1. The van der Waals surface area contributed by atoms with E-state index in [1.165, 1.54) is 0 Å². The van der Waals surface area contributed by atoms with E-state index in [-0.39, 0.29) is 23.4 Å². The smallest absolute Gasteiger partial charge is 0.227 e. The molecular formula is C8H12N4OS. The molecule has 0 aliphatic carbocycles. The van der Waals surface area contributed by atoms with Gasteiger partial charge in [-0.1, -0.05) is 12.2 Å². The van der Waals surface area contributed by atoms with Crippen LogP contribution in [0.4, 0.5) is 0 Å². The zero-order valence-electron chi connectivity index (χ0n) is 7.78. The molecule has 1 aromatic rings. The van der Waals surface area contributed by atoms with Gasteiger partial charge in [0.1, 0.15) is 0 Å². The number of aromatic nitrogens is 2. The van der Waals surface area contributed by atoms with Crippen LogP contribution in [0.15, 0.2) is 12.4 Å². The number of nitrogens with zero attached hydrogens (tertiary/aromatic N) is 1. The second-order valence-electron chi connectivity index (χ2n) is 2.96. The molecule has 0 saturated heterocycles. The Hall–Kier alpha value is -1.43. The second-order valence-corrected chi connectivity index (χ2v) is 3.49. The minimum atomic E-state index is -0.175. The number of rotatable bonds is 4. The summed E-state index contributed by atoms with van der Waals surface area (Å²) in [5.74, 6) is -0.175. The maximum absolute atomic E-state index is 11.2. The van der Waals surface area contributed by atoms with E-state index in [1.54, 1.807) is 12.4 Å². The Morgan fingerprint density at radius 3 is 3.07 bits per heavy atom. The van der Waals surface area contributed by atoms with Crippen molar-refractivity contribution in [3.8, 4) is 0 Å². The molecule has 1 unspecified atom stereocenters. The van der Waals surface area contributed by atoms with Gasteiger partial charge in [0.15, 0.2) is 0 Å². The summed E-state index contributed by atoms with van der Waals surface area (Å²) in [6.45, 7) is 1.86. The van der Waals surface area contributed by atoms with Gasteiger partial charge in [0.2, 0.25) is 5.91 Å². The summed E-state index contributed by atoms with van der Waals surface area (Å²) in [5.41, 5.74) is 6.16. The molecular weight excluding hydrogens is 200 g/mol. The molecule has 0 radical (unpaired) electrons. The van der Waals surface area contributed by atoms with Gasteiger partial charge >= 0.3 is 0 Å². The van der Waals surface area contributed by atoms with Gasteiger partial charge in [-0.15, -0.1) is 0 Å². The van der Waals surface area contributed by atoms with E-state index in [2.05, 4.69) is 27.7 Å². The Bertz CT molecular complexity index is 322. The number of aromatic amines is 1. The number of nitrogens with one attached hydrogen (secondary N) is 2. The fourth-order valence-electron chi connectivity index (χ4n) is 1.03. The van der Waals surface area contributed by atoms with Gasteiger partial charge in [-0.3, -0.25) is 9.89 Å². The highest BCUT2D eigenvalue weighted by Gasteiger charge is 2.10. The molecule has 1 aromatic heterocycles. The van der Waals surface area contributed by atoms with Crippen molar-refractivity contribution in [2.75, 3.05) is 0 Å². The lowest BCUT2D eigenvalue weighted by molar-refractivity contribution is -0.120. The van der Waals surface area contributed by atoms with Crippen LogP contribution in [0, 0.1) is 0 Å². The molecule has 0 fully saturated rings. The molecule has 1 heterocycles. The Labute approximate surface area is 87.1 Å². The topological polar surface area (TPSA) is 83.8 Å². The highest BCUT2D eigenvalue weighted by atomic mass is 32.1. The van der Waals surface area contributed by atoms with Crippen molar-refractivity contribution in [1.82, 2.24) is 15.5 Å².